The van der Waals surface area contributed by atoms with E-state index in [1.54, 1.807) is 0 Å². The van der Waals surface area contributed by atoms with Gasteiger partial charge < -0.3 is 15.8 Å². The molecule has 0 radical (unpaired) electrons. The van der Waals surface area contributed by atoms with Gasteiger partial charge in [-0.15, -0.1) is 0 Å². The molecule has 5 heteroatoms. The van der Waals surface area contributed by atoms with Crippen LogP contribution in [0.4, 0.5) is 10.8 Å². The minimum absolute atomic E-state index is 0.501. The normalized spacial score (nSPS) is 23.9. The Morgan fingerprint density at radius 1 is 1.50 bits per heavy atom. The summed E-state index contributed by atoms with van der Waals surface area (Å²) in [5.41, 5.74) is 5.79. The van der Waals surface area contributed by atoms with E-state index in [0.29, 0.717) is 12.4 Å². The maximum absolute atomic E-state index is 5.79. The van der Waals surface area contributed by atoms with Gasteiger partial charge in [0.25, 0.3) is 0 Å². The molecule has 0 spiro atoms. The standard InChI is InChI=1S/C13H23N3OS/c1-3-17-11-12(14)16-18-13(11)15-8-10-6-4-5-9(2)7-10/h9-10,15H,3-8H2,1-2H3,(H2,14,16). The molecule has 1 aromatic heterocycles. The van der Waals surface area contributed by atoms with Gasteiger partial charge in [0.05, 0.1) is 6.61 Å². The molecule has 18 heavy (non-hydrogen) atoms. The van der Waals surface area contributed by atoms with Crippen LogP contribution in [0, 0.1) is 11.8 Å². The van der Waals surface area contributed by atoms with Crippen molar-refractivity contribution >= 4 is 22.4 Å². The van der Waals surface area contributed by atoms with Crippen molar-refractivity contribution in [2.45, 2.75) is 39.5 Å². The fourth-order valence-electron chi connectivity index (χ4n) is 2.67. The Morgan fingerprint density at radius 3 is 3.06 bits per heavy atom. The van der Waals surface area contributed by atoms with Gasteiger partial charge in [0.1, 0.15) is 0 Å². The van der Waals surface area contributed by atoms with Crippen LogP contribution in [0.2, 0.25) is 0 Å². The molecule has 2 rings (SSSR count). The van der Waals surface area contributed by atoms with E-state index >= 15 is 0 Å². The van der Waals surface area contributed by atoms with Gasteiger partial charge in [0.15, 0.2) is 16.6 Å². The lowest BCUT2D eigenvalue weighted by Gasteiger charge is -2.26. The maximum atomic E-state index is 5.79. The summed E-state index contributed by atoms with van der Waals surface area (Å²) in [5, 5.41) is 4.44. The summed E-state index contributed by atoms with van der Waals surface area (Å²) >= 11 is 1.39. The first-order valence-corrected chi connectivity index (χ1v) is 7.59. The van der Waals surface area contributed by atoms with Crippen LogP contribution in [0.15, 0.2) is 0 Å². The van der Waals surface area contributed by atoms with E-state index in [4.69, 9.17) is 10.5 Å². The third kappa shape index (κ3) is 3.28. The first-order valence-electron chi connectivity index (χ1n) is 6.82. The molecule has 0 aromatic carbocycles. The molecule has 0 aliphatic heterocycles. The molecule has 2 unspecified atom stereocenters. The van der Waals surface area contributed by atoms with Gasteiger partial charge in [-0.25, -0.2) is 0 Å². The monoisotopic (exact) mass is 269 g/mol. The number of aromatic nitrogens is 1. The van der Waals surface area contributed by atoms with Gasteiger partial charge in [-0.1, -0.05) is 19.8 Å². The van der Waals surface area contributed by atoms with Crippen LogP contribution in [-0.2, 0) is 0 Å². The first-order chi connectivity index (χ1) is 8.70. The van der Waals surface area contributed by atoms with Crippen molar-refractivity contribution in [3.63, 3.8) is 0 Å². The Hall–Kier alpha value is -0.970. The summed E-state index contributed by atoms with van der Waals surface area (Å²) in [6.07, 6.45) is 5.39. The zero-order valence-corrected chi connectivity index (χ0v) is 12.1. The van der Waals surface area contributed by atoms with Gasteiger partial charge >= 0.3 is 0 Å². The van der Waals surface area contributed by atoms with Crippen molar-refractivity contribution in [2.75, 3.05) is 24.2 Å². The second-order valence-corrected chi connectivity index (χ2v) is 5.95. The zero-order valence-electron chi connectivity index (χ0n) is 11.2. The van der Waals surface area contributed by atoms with Crippen LogP contribution >= 0.6 is 11.5 Å². The maximum Gasteiger partial charge on any atom is 0.197 e. The minimum Gasteiger partial charge on any atom is -0.487 e. The highest BCUT2D eigenvalue weighted by Gasteiger charge is 2.20. The molecule has 1 fully saturated rings. The van der Waals surface area contributed by atoms with Gasteiger partial charge in [0.2, 0.25) is 0 Å². The zero-order chi connectivity index (χ0) is 13.0. The van der Waals surface area contributed by atoms with E-state index in [0.717, 1.165) is 29.1 Å². The molecule has 0 saturated heterocycles. The Balaban J connectivity index is 1.89. The predicted octanol–water partition coefficient (Wildman–Crippen LogP) is 3.36. The van der Waals surface area contributed by atoms with E-state index in [1.165, 1.54) is 37.2 Å². The molecule has 1 aromatic rings. The molecular formula is C13H23N3OS. The predicted molar refractivity (Wildman–Crippen MR) is 77.3 cm³/mol. The lowest BCUT2D eigenvalue weighted by Crippen LogP contribution is -2.20. The highest BCUT2D eigenvalue weighted by atomic mass is 32.1. The summed E-state index contributed by atoms with van der Waals surface area (Å²) < 4.78 is 9.68. The first kappa shape index (κ1) is 13.5. The molecule has 102 valence electrons. The largest absolute Gasteiger partial charge is 0.487 e. The van der Waals surface area contributed by atoms with E-state index < -0.39 is 0 Å². The number of rotatable bonds is 5. The van der Waals surface area contributed by atoms with E-state index in [2.05, 4.69) is 16.6 Å². The molecule has 4 nitrogen and oxygen atoms in total. The number of nitrogens with two attached hydrogens (primary N) is 1. The molecule has 1 heterocycles. The highest BCUT2D eigenvalue weighted by Crippen LogP contribution is 2.36. The topological polar surface area (TPSA) is 60.2 Å². The number of nitrogens with one attached hydrogen (secondary N) is 1. The molecule has 0 bridgehead atoms. The van der Waals surface area contributed by atoms with E-state index in [1.807, 2.05) is 6.92 Å². The lowest BCUT2D eigenvalue weighted by molar-refractivity contribution is 0.293. The molecule has 1 aliphatic carbocycles. The van der Waals surface area contributed by atoms with Crippen molar-refractivity contribution in [3.8, 4) is 5.75 Å². The van der Waals surface area contributed by atoms with Crippen molar-refractivity contribution in [2.24, 2.45) is 11.8 Å². The number of nitrogen functional groups attached to an aromatic ring is 1. The Labute approximate surface area is 113 Å². The highest BCUT2D eigenvalue weighted by molar-refractivity contribution is 7.11. The van der Waals surface area contributed by atoms with Gasteiger partial charge in [-0.2, -0.15) is 4.37 Å². The average Bonchev–Trinajstić information content (AvgIpc) is 2.69. The summed E-state index contributed by atoms with van der Waals surface area (Å²) in [7, 11) is 0. The number of nitrogens with zero attached hydrogens (tertiary/aromatic N) is 1. The third-order valence-corrected chi connectivity index (χ3v) is 4.36. The van der Waals surface area contributed by atoms with Crippen LogP contribution < -0.4 is 15.8 Å². The summed E-state index contributed by atoms with van der Waals surface area (Å²) in [6.45, 7) is 5.94. The average molecular weight is 269 g/mol. The Morgan fingerprint density at radius 2 is 2.33 bits per heavy atom. The second-order valence-electron chi connectivity index (χ2n) is 5.18. The minimum atomic E-state index is 0.501. The quantitative estimate of drug-likeness (QED) is 0.860. The van der Waals surface area contributed by atoms with E-state index in [9.17, 15) is 0 Å². The van der Waals surface area contributed by atoms with Crippen LogP contribution in [0.3, 0.4) is 0 Å². The Bertz CT molecular complexity index is 380. The smallest absolute Gasteiger partial charge is 0.197 e. The van der Waals surface area contributed by atoms with Crippen LogP contribution in [0.1, 0.15) is 39.5 Å². The van der Waals surface area contributed by atoms with Crippen LogP contribution in [0.25, 0.3) is 0 Å². The number of hydrogen-bond acceptors (Lipinski definition) is 5. The van der Waals surface area contributed by atoms with Crippen molar-refractivity contribution in [3.05, 3.63) is 0 Å². The van der Waals surface area contributed by atoms with Crippen LogP contribution in [0.5, 0.6) is 5.75 Å². The molecular weight excluding hydrogens is 246 g/mol. The van der Waals surface area contributed by atoms with Gasteiger partial charge in [0, 0.05) is 6.54 Å². The van der Waals surface area contributed by atoms with Crippen molar-refractivity contribution in [1.82, 2.24) is 4.37 Å². The molecule has 3 N–H and O–H groups in total. The molecule has 0 amide bonds. The third-order valence-electron chi connectivity index (χ3n) is 3.56. The summed E-state index contributed by atoms with van der Waals surface area (Å²) in [5.74, 6) is 2.86. The fraction of sp³-hybridized carbons (Fsp3) is 0.769. The number of ether oxygens (including phenoxy) is 1. The number of anilines is 2. The molecule has 2 atom stereocenters. The second kappa shape index (κ2) is 6.27. The van der Waals surface area contributed by atoms with E-state index in [-0.39, 0.29) is 0 Å². The fourth-order valence-corrected chi connectivity index (χ4v) is 3.34. The van der Waals surface area contributed by atoms with Crippen molar-refractivity contribution < 1.29 is 4.74 Å². The lowest BCUT2D eigenvalue weighted by atomic mass is 9.82. The van der Waals surface area contributed by atoms with Gasteiger partial charge in [-0.3, -0.25) is 0 Å². The van der Waals surface area contributed by atoms with Crippen LogP contribution in [-0.4, -0.2) is 17.5 Å². The number of hydrogen-bond donors (Lipinski definition) is 2. The summed E-state index contributed by atoms with van der Waals surface area (Å²) in [6, 6.07) is 0. The molecule has 1 saturated carbocycles. The van der Waals surface area contributed by atoms with Crippen molar-refractivity contribution in [1.29, 1.82) is 0 Å². The SMILES string of the molecule is CCOc1c(N)nsc1NCC1CCCC(C)C1. The Kier molecular flexibility index (Phi) is 4.69. The summed E-state index contributed by atoms with van der Waals surface area (Å²) in [4.78, 5) is 0. The molecule has 1 aliphatic rings. The van der Waals surface area contributed by atoms with Gasteiger partial charge in [-0.05, 0) is 43.1 Å².